The average molecular weight is 331 g/mol. The molecule has 0 radical (unpaired) electrons. The van der Waals surface area contributed by atoms with Gasteiger partial charge in [-0.25, -0.2) is 8.42 Å². The standard InChI is InChI=1S/C18H21NO3S/c1-18(2,3)15-5-8-17(9-6-15)23(20,21)19-16-7-4-13-11-22-12-14(13)10-16/h4-10,19H,11-12H2,1-3H3. The van der Waals surface area contributed by atoms with Crippen LogP contribution in [0.15, 0.2) is 47.4 Å². The third kappa shape index (κ3) is 3.41. The Balaban J connectivity index is 1.84. The van der Waals surface area contributed by atoms with Crippen molar-refractivity contribution in [2.75, 3.05) is 4.72 Å². The van der Waals surface area contributed by atoms with Crippen molar-refractivity contribution in [3.63, 3.8) is 0 Å². The van der Waals surface area contributed by atoms with Crippen molar-refractivity contribution in [3.8, 4) is 0 Å². The van der Waals surface area contributed by atoms with Crippen LogP contribution in [0.5, 0.6) is 0 Å². The first-order chi connectivity index (χ1) is 10.8. The number of nitrogens with one attached hydrogen (secondary N) is 1. The van der Waals surface area contributed by atoms with E-state index in [1.165, 1.54) is 0 Å². The van der Waals surface area contributed by atoms with E-state index in [9.17, 15) is 8.42 Å². The van der Waals surface area contributed by atoms with Crippen molar-refractivity contribution in [2.45, 2.75) is 44.3 Å². The molecule has 5 heteroatoms. The predicted octanol–water partition coefficient (Wildman–Crippen LogP) is 3.82. The maximum absolute atomic E-state index is 12.5. The quantitative estimate of drug-likeness (QED) is 0.930. The summed E-state index contributed by atoms with van der Waals surface area (Å²) in [6, 6.07) is 12.6. The molecule has 0 spiro atoms. The maximum Gasteiger partial charge on any atom is 0.261 e. The number of ether oxygens (including phenoxy) is 1. The van der Waals surface area contributed by atoms with E-state index in [-0.39, 0.29) is 10.3 Å². The molecule has 3 rings (SSSR count). The average Bonchev–Trinajstić information content (AvgIpc) is 2.93. The molecule has 0 bridgehead atoms. The van der Waals surface area contributed by atoms with Crippen LogP contribution in [-0.4, -0.2) is 8.42 Å². The van der Waals surface area contributed by atoms with Gasteiger partial charge in [0.15, 0.2) is 0 Å². The number of benzene rings is 2. The normalized spacial score (nSPS) is 14.6. The lowest BCUT2D eigenvalue weighted by Crippen LogP contribution is -2.15. The molecule has 2 aromatic carbocycles. The van der Waals surface area contributed by atoms with Gasteiger partial charge in [-0.15, -0.1) is 0 Å². The van der Waals surface area contributed by atoms with Gasteiger partial charge in [0.2, 0.25) is 0 Å². The van der Waals surface area contributed by atoms with Crippen LogP contribution < -0.4 is 4.72 Å². The van der Waals surface area contributed by atoms with Gasteiger partial charge >= 0.3 is 0 Å². The first kappa shape index (κ1) is 16.0. The van der Waals surface area contributed by atoms with Crippen LogP contribution in [0.4, 0.5) is 5.69 Å². The van der Waals surface area contributed by atoms with Crippen LogP contribution in [0, 0.1) is 0 Å². The molecule has 0 saturated carbocycles. The second-order valence-corrected chi connectivity index (χ2v) is 8.54. The first-order valence-electron chi connectivity index (χ1n) is 7.59. The van der Waals surface area contributed by atoms with E-state index in [4.69, 9.17) is 4.74 Å². The van der Waals surface area contributed by atoms with E-state index < -0.39 is 10.0 Å². The summed E-state index contributed by atoms with van der Waals surface area (Å²) < 4.78 is 33.0. The molecule has 0 aromatic heterocycles. The number of hydrogen-bond donors (Lipinski definition) is 1. The first-order valence-corrected chi connectivity index (χ1v) is 9.07. The molecule has 1 heterocycles. The minimum Gasteiger partial charge on any atom is -0.372 e. The fraction of sp³-hybridized carbons (Fsp3) is 0.333. The summed E-state index contributed by atoms with van der Waals surface area (Å²) >= 11 is 0. The topological polar surface area (TPSA) is 55.4 Å². The van der Waals surface area contributed by atoms with Crippen molar-refractivity contribution >= 4 is 15.7 Å². The molecular formula is C18H21NO3S. The second-order valence-electron chi connectivity index (χ2n) is 6.86. The van der Waals surface area contributed by atoms with Crippen molar-refractivity contribution in [3.05, 3.63) is 59.2 Å². The molecule has 4 nitrogen and oxygen atoms in total. The van der Waals surface area contributed by atoms with E-state index in [1.54, 1.807) is 18.2 Å². The minimum absolute atomic E-state index is 0.00426. The monoisotopic (exact) mass is 331 g/mol. The van der Waals surface area contributed by atoms with Crippen LogP contribution in [-0.2, 0) is 33.4 Å². The highest BCUT2D eigenvalue weighted by Crippen LogP contribution is 2.26. The Morgan fingerprint density at radius 3 is 2.26 bits per heavy atom. The molecule has 23 heavy (non-hydrogen) atoms. The van der Waals surface area contributed by atoms with E-state index in [0.717, 1.165) is 16.7 Å². The Morgan fingerprint density at radius 2 is 1.61 bits per heavy atom. The van der Waals surface area contributed by atoms with Gasteiger partial charge in [0.1, 0.15) is 0 Å². The Kier molecular flexibility index (Phi) is 3.94. The largest absolute Gasteiger partial charge is 0.372 e. The summed E-state index contributed by atoms with van der Waals surface area (Å²) in [7, 11) is -3.58. The Hall–Kier alpha value is -1.85. The fourth-order valence-corrected chi connectivity index (χ4v) is 3.63. The van der Waals surface area contributed by atoms with Gasteiger partial charge in [-0.05, 0) is 46.4 Å². The number of anilines is 1. The van der Waals surface area contributed by atoms with Gasteiger partial charge in [0, 0.05) is 5.69 Å². The van der Waals surface area contributed by atoms with Crippen LogP contribution in [0.25, 0.3) is 0 Å². The van der Waals surface area contributed by atoms with Crippen LogP contribution in [0.1, 0.15) is 37.5 Å². The highest BCUT2D eigenvalue weighted by Gasteiger charge is 2.19. The van der Waals surface area contributed by atoms with Gasteiger partial charge in [-0.2, -0.15) is 0 Å². The summed E-state index contributed by atoms with van der Waals surface area (Å²) in [4.78, 5) is 0.266. The highest BCUT2D eigenvalue weighted by molar-refractivity contribution is 7.92. The number of hydrogen-bond acceptors (Lipinski definition) is 3. The van der Waals surface area contributed by atoms with Crippen molar-refractivity contribution in [2.24, 2.45) is 0 Å². The third-order valence-electron chi connectivity index (χ3n) is 4.00. The lowest BCUT2D eigenvalue weighted by atomic mass is 9.87. The highest BCUT2D eigenvalue weighted by atomic mass is 32.2. The Morgan fingerprint density at radius 1 is 0.957 bits per heavy atom. The zero-order chi connectivity index (χ0) is 16.7. The SMILES string of the molecule is CC(C)(C)c1ccc(S(=O)(=O)Nc2ccc3c(c2)COC3)cc1. The summed E-state index contributed by atoms with van der Waals surface area (Å²) in [5.41, 5.74) is 3.81. The number of fused-ring (bicyclic) bond motifs is 1. The molecule has 0 fully saturated rings. The molecule has 0 aliphatic carbocycles. The smallest absolute Gasteiger partial charge is 0.261 e. The van der Waals surface area contributed by atoms with Gasteiger partial charge in [-0.3, -0.25) is 4.72 Å². The van der Waals surface area contributed by atoms with Crippen molar-refractivity contribution in [1.82, 2.24) is 0 Å². The lowest BCUT2D eigenvalue weighted by molar-refractivity contribution is 0.134. The zero-order valence-electron chi connectivity index (χ0n) is 13.6. The predicted molar refractivity (Wildman–Crippen MR) is 90.9 cm³/mol. The van der Waals surface area contributed by atoms with Gasteiger partial charge in [-0.1, -0.05) is 39.0 Å². The summed E-state index contributed by atoms with van der Waals surface area (Å²) in [5, 5.41) is 0. The summed E-state index contributed by atoms with van der Waals surface area (Å²) in [5.74, 6) is 0. The van der Waals surface area contributed by atoms with Crippen LogP contribution >= 0.6 is 0 Å². The molecule has 0 amide bonds. The zero-order valence-corrected chi connectivity index (χ0v) is 14.4. The van der Waals surface area contributed by atoms with Gasteiger partial charge in [0.05, 0.1) is 18.1 Å². The molecule has 0 unspecified atom stereocenters. The Bertz CT molecular complexity index is 818. The van der Waals surface area contributed by atoms with E-state index in [2.05, 4.69) is 25.5 Å². The fourth-order valence-electron chi connectivity index (χ4n) is 2.58. The number of sulfonamides is 1. The molecular weight excluding hydrogens is 310 g/mol. The molecule has 1 N–H and O–H groups in total. The van der Waals surface area contributed by atoms with E-state index in [1.807, 2.05) is 24.3 Å². The van der Waals surface area contributed by atoms with Crippen LogP contribution in [0.3, 0.4) is 0 Å². The number of rotatable bonds is 3. The second kappa shape index (κ2) is 5.65. The van der Waals surface area contributed by atoms with Gasteiger partial charge < -0.3 is 4.74 Å². The molecule has 2 aromatic rings. The van der Waals surface area contributed by atoms with Crippen molar-refractivity contribution < 1.29 is 13.2 Å². The molecule has 1 aliphatic heterocycles. The minimum atomic E-state index is -3.58. The van der Waals surface area contributed by atoms with E-state index in [0.29, 0.717) is 18.9 Å². The van der Waals surface area contributed by atoms with Crippen molar-refractivity contribution in [1.29, 1.82) is 0 Å². The molecule has 1 aliphatic rings. The summed E-state index contributed by atoms with van der Waals surface area (Å²) in [6.07, 6.45) is 0. The Labute approximate surface area is 137 Å². The molecule has 0 atom stereocenters. The molecule has 122 valence electrons. The van der Waals surface area contributed by atoms with E-state index >= 15 is 0 Å². The maximum atomic E-state index is 12.5. The van der Waals surface area contributed by atoms with Gasteiger partial charge in [0.25, 0.3) is 10.0 Å². The lowest BCUT2D eigenvalue weighted by Gasteiger charge is -2.19. The molecule has 0 saturated heterocycles. The summed E-state index contributed by atoms with van der Waals surface area (Å²) in [6.45, 7) is 7.42. The third-order valence-corrected chi connectivity index (χ3v) is 5.40. The van der Waals surface area contributed by atoms with Crippen LogP contribution in [0.2, 0.25) is 0 Å².